The van der Waals surface area contributed by atoms with Crippen molar-refractivity contribution in [2.45, 2.75) is 9.79 Å². The third kappa shape index (κ3) is 3.86. The van der Waals surface area contributed by atoms with Crippen molar-refractivity contribution >= 4 is 33.0 Å². The molecule has 10 nitrogen and oxygen atoms in total. The van der Waals surface area contributed by atoms with Gasteiger partial charge in [0.25, 0.3) is 17.5 Å². The van der Waals surface area contributed by atoms with Crippen molar-refractivity contribution < 1.29 is 28.0 Å². The van der Waals surface area contributed by atoms with Crippen molar-refractivity contribution in [3.63, 3.8) is 0 Å². The van der Waals surface area contributed by atoms with Gasteiger partial charge in [-0.1, -0.05) is 18.2 Å². The molecule has 150 valence electrons. The molecule has 1 aliphatic heterocycles. The second-order valence-corrected chi connectivity index (χ2v) is 7.88. The minimum absolute atomic E-state index is 0.0574. The SMILES string of the molecule is O=C1C=C(Nc2ccc(S(=O)(=O)c3ccccc3)c([N+](=O)[O-])c2)C(=O)N1CCO. The number of aliphatic hydroxyl groups excluding tert-OH is 1. The van der Waals surface area contributed by atoms with Crippen LogP contribution in [-0.4, -0.2) is 48.3 Å². The Morgan fingerprint density at radius 1 is 1.10 bits per heavy atom. The average molecular weight is 417 g/mol. The van der Waals surface area contributed by atoms with Gasteiger partial charge in [-0.15, -0.1) is 0 Å². The number of nitro groups is 1. The van der Waals surface area contributed by atoms with E-state index >= 15 is 0 Å². The molecule has 3 rings (SSSR count). The zero-order valence-electron chi connectivity index (χ0n) is 14.8. The molecule has 0 aromatic heterocycles. The number of imide groups is 1. The molecule has 0 bridgehead atoms. The maximum Gasteiger partial charge on any atom is 0.290 e. The standard InChI is InChI=1S/C18H15N3O7S/c22-9-8-20-17(23)11-14(18(20)24)19-12-6-7-16(15(10-12)21(25)26)29(27,28)13-4-2-1-3-5-13/h1-7,10-11,19,22H,8-9H2. The van der Waals surface area contributed by atoms with Crippen molar-refractivity contribution in [2.75, 3.05) is 18.5 Å². The summed E-state index contributed by atoms with van der Waals surface area (Å²) in [5.41, 5.74) is -0.762. The number of carbonyl (C=O) groups excluding carboxylic acids is 2. The molecule has 0 unspecified atom stereocenters. The molecular weight excluding hydrogens is 402 g/mol. The van der Waals surface area contributed by atoms with E-state index in [9.17, 15) is 28.1 Å². The van der Waals surface area contributed by atoms with Crippen LogP contribution in [0.3, 0.4) is 0 Å². The number of sulfone groups is 1. The number of aliphatic hydroxyl groups is 1. The summed E-state index contributed by atoms with van der Waals surface area (Å²) in [6.07, 6.45) is 0.998. The molecule has 11 heteroatoms. The first-order valence-corrected chi connectivity index (χ1v) is 9.78. The summed E-state index contributed by atoms with van der Waals surface area (Å²) in [7, 11) is -4.14. The van der Waals surface area contributed by atoms with E-state index in [-0.39, 0.29) is 22.8 Å². The molecular formula is C18H15N3O7S. The third-order valence-corrected chi connectivity index (χ3v) is 5.93. The Morgan fingerprint density at radius 3 is 2.41 bits per heavy atom. The summed E-state index contributed by atoms with van der Waals surface area (Å²) in [6.45, 7) is -0.593. The van der Waals surface area contributed by atoms with Crippen LogP contribution in [0.25, 0.3) is 0 Å². The molecule has 0 atom stereocenters. The zero-order valence-corrected chi connectivity index (χ0v) is 15.6. The maximum atomic E-state index is 12.8. The van der Waals surface area contributed by atoms with E-state index in [1.165, 1.54) is 30.3 Å². The molecule has 0 radical (unpaired) electrons. The molecule has 2 aromatic carbocycles. The van der Waals surface area contributed by atoms with Gasteiger partial charge in [0.05, 0.1) is 23.0 Å². The second-order valence-electron chi connectivity index (χ2n) is 5.96. The Balaban J connectivity index is 1.96. The molecule has 0 saturated carbocycles. The van der Waals surface area contributed by atoms with Gasteiger partial charge in [-0.3, -0.25) is 24.6 Å². The number of carbonyl (C=O) groups is 2. The predicted octanol–water partition coefficient (Wildman–Crippen LogP) is 1.08. The fourth-order valence-electron chi connectivity index (χ4n) is 2.76. The lowest BCUT2D eigenvalue weighted by Crippen LogP contribution is -2.34. The number of nitrogens with zero attached hydrogens (tertiary/aromatic N) is 2. The lowest BCUT2D eigenvalue weighted by Gasteiger charge is -2.13. The summed E-state index contributed by atoms with van der Waals surface area (Å²) < 4.78 is 25.5. The highest BCUT2D eigenvalue weighted by molar-refractivity contribution is 7.91. The minimum Gasteiger partial charge on any atom is -0.395 e. The summed E-state index contributed by atoms with van der Waals surface area (Å²) in [5, 5.41) is 23.0. The highest BCUT2D eigenvalue weighted by atomic mass is 32.2. The molecule has 2 aromatic rings. The van der Waals surface area contributed by atoms with Gasteiger partial charge in [0.2, 0.25) is 9.84 Å². The van der Waals surface area contributed by atoms with Gasteiger partial charge in [0.15, 0.2) is 0 Å². The Morgan fingerprint density at radius 2 is 1.79 bits per heavy atom. The van der Waals surface area contributed by atoms with E-state index in [0.717, 1.165) is 23.1 Å². The average Bonchev–Trinajstić information content (AvgIpc) is 2.96. The summed E-state index contributed by atoms with van der Waals surface area (Å²) in [6, 6.07) is 10.6. The molecule has 0 fully saturated rings. The van der Waals surface area contributed by atoms with Crippen LogP contribution >= 0.6 is 0 Å². The molecule has 29 heavy (non-hydrogen) atoms. The minimum atomic E-state index is -4.14. The fourth-order valence-corrected chi connectivity index (χ4v) is 4.18. The van der Waals surface area contributed by atoms with Gasteiger partial charge in [0, 0.05) is 17.8 Å². The first-order valence-electron chi connectivity index (χ1n) is 8.29. The van der Waals surface area contributed by atoms with Crippen LogP contribution < -0.4 is 5.32 Å². The molecule has 1 aliphatic rings. The van der Waals surface area contributed by atoms with E-state index < -0.39 is 43.8 Å². The lowest BCUT2D eigenvalue weighted by atomic mass is 10.2. The summed E-state index contributed by atoms with van der Waals surface area (Å²) in [5.74, 6) is -1.34. The molecule has 0 aliphatic carbocycles. The Labute approximate surface area is 165 Å². The lowest BCUT2D eigenvalue weighted by molar-refractivity contribution is -0.387. The van der Waals surface area contributed by atoms with Crippen LogP contribution in [0, 0.1) is 10.1 Å². The molecule has 2 N–H and O–H groups in total. The van der Waals surface area contributed by atoms with E-state index in [4.69, 9.17) is 5.11 Å². The van der Waals surface area contributed by atoms with Gasteiger partial charge < -0.3 is 10.4 Å². The van der Waals surface area contributed by atoms with Gasteiger partial charge >= 0.3 is 0 Å². The van der Waals surface area contributed by atoms with E-state index in [0.29, 0.717) is 0 Å². The summed E-state index contributed by atoms with van der Waals surface area (Å²) >= 11 is 0. The van der Waals surface area contributed by atoms with E-state index in [2.05, 4.69) is 5.32 Å². The Bertz CT molecular complexity index is 1130. The van der Waals surface area contributed by atoms with Crippen LogP contribution in [0.2, 0.25) is 0 Å². The zero-order chi connectivity index (χ0) is 21.2. The fraction of sp³-hybridized carbons (Fsp3) is 0.111. The summed E-state index contributed by atoms with van der Waals surface area (Å²) in [4.78, 5) is 34.8. The van der Waals surface area contributed by atoms with Gasteiger partial charge in [0.1, 0.15) is 10.6 Å². The molecule has 1 heterocycles. The van der Waals surface area contributed by atoms with Crippen LogP contribution in [-0.2, 0) is 19.4 Å². The predicted molar refractivity (Wildman–Crippen MR) is 101 cm³/mol. The Kier molecular flexibility index (Phi) is 5.43. The number of amides is 2. The number of anilines is 1. The van der Waals surface area contributed by atoms with Crippen LogP contribution in [0.5, 0.6) is 0 Å². The van der Waals surface area contributed by atoms with Gasteiger partial charge in [-0.05, 0) is 24.3 Å². The third-order valence-electron chi connectivity index (χ3n) is 4.11. The van der Waals surface area contributed by atoms with Crippen LogP contribution in [0.15, 0.2) is 70.1 Å². The van der Waals surface area contributed by atoms with Crippen LogP contribution in [0.4, 0.5) is 11.4 Å². The smallest absolute Gasteiger partial charge is 0.290 e. The topological polar surface area (TPSA) is 147 Å². The molecule has 2 amide bonds. The Hall–Kier alpha value is -3.57. The quantitative estimate of drug-likeness (QED) is 0.386. The normalized spacial score (nSPS) is 14.1. The van der Waals surface area contributed by atoms with Crippen LogP contribution in [0.1, 0.15) is 0 Å². The highest BCUT2D eigenvalue weighted by Gasteiger charge is 2.32. The van der Waals surface area contributed by atoms with Crippen molar-refractivity contribution in [1.82, 2.24) is 4.90 Å². The largest absolute Gasteiger partial charge is 0.395 e. The number of β-amino-alcohol motifs (C(OH)–C–C–N with tert-alkyl or cyclic N) is 1. The maximum absolute atomic E-state index is 12.8. The van der Waals surface area contributed by atoms with Crippen molar-refractivity contribution in [2.24, 2.45) is 0 Å². The van der Waals surface area contributed by atoms with Gasteiger partial charge in [-0.25, -0.2) is 8.42 Å². The van der Waals surface area contributed by atoms with E-state index in [1.807, 2.05) is 0 Å². The van der Waals surface area contributed by atoms with Crippen molar-refractivity contribution in [1.29, 1.82) is 0 Å². The number of hydrogen-bond acceptors (Lipinski definition) is 8. The van der Waals surface area contributed by atoms with Crippen molar-refractivity contribution in [3.8, 4) is 0 Å². The number of rotatable bonds is 7. The number of hydrogen-bond donors (Lipinski definition) is 2. The first-order chi connectivity index (χ1) is 13.8. The van der Waals surface area contributed by atoms with Crippen molar-refractivity contribution in [3.05, 3.63) is 70.4 Å². The number of nitro benzene ring substituents is 1. The van der Waals surface area contributed by atoms with E-state index in [1.54, 1.807) is 6.07 Å². The number of benzene rings is 2. The first kappa shape index (κ1) is 20.2. The monoisotopic (exact) mass is 417 g/mol. The molecule has 0 saturated heterocycles. The second kappa shape index (κ2) is 7.81. The van der Waals surface area contributed by atoms with Gasteiger partial charge in [-0.2, -0.15) is 0 Å². The highest BCUT2D eigenvalue weighted by Crippen LogP contribution is 2.32. The molecule has 0 spiro atoms. The number of nitrogens with one attached hydrogen (secondary N) is 1.